The second-order valence-electron chi connectivity index (χ2n) is 11.2. The molecule has 11 rings (SSSR count). The molecular weight excluding hydrogens is 789 g/mol. The average molecular weight is 808 g/mol. The minimum atomic E-state index is 0.291. The molecule has 6 aromatic heterocycles. The first kappa shape index (κ1) is 25.5. The number of rotatable bonds is 2. The van der Waals surface area contributed by atoms with Crippen LogP contribution >= 0.6 is 34.0 Å². The van der Waals surface area contributed by atoms with Gasteiger partial charge in [-0.05, 0) is 0 Å². The fraction of sp³-hybridized carbons (Fsp3) is 0. The molecule has 0 aliphatic heterocycles. The molecule has 0 spiro atoms. The van der Waals surface area contributed by atoms with Crippen LogP contribution in [0.5, 0.6) is 0 Å². The molecule has 0 amide bonds. The van der Waals surface area contributed by atoms with E-state index < -0.39 is 0 Å². The Kier molecular flexibility index (Phi) is 5.44. The summed E-state index contributed by atoms with van der Waals surface area (Å²) in [6.45, 7) is 0. The van der Waals surface area contributed by atoms with Crippen molar-refractivity contribution in [2.45, 2.75) is 0 Å². The molecule has 0 aliphatic carbocycles. The monoisotopic (exact) mass is 810 g/mol. The van der Waals surface area contributed by atoms with Crippen LogP contribution in [0.4, 0.5) is 0 Å². The first-order valence-electron chi connectivity index (χ1n) is 14.4. The molecule has 0 N–H and O–H groups in total. The van der Waals surface area contributed by atoms with Crippen molar-refractivity contribution in [3.63, 3.8) is 0 Å². The Morgan fingerprint density at radius 1 is 0.432 bits per heavy atom. The van der Waals surface area contributed by atoms with Crippen molar-refractivity contribution in [3.05, 3.63) is 109 Å². The third-order valence-electron chi connectivity index (χ3n) is 8.80. The summed E-state index contributed by atoms with van der Waals surface area (Å²) in [4.78, 5) is 0. The van der Waals surface area contributed by atoms with E-state index in [-0.39, 0.29) is 0 Å². The van der Waals surface area contributed by atoms with Crippen molar-refractivity contribution in [2.24, 2.45) is 0 Å². The zero-order valence-electron chi connectivity index (χ0n) is 22.8. The van der Waals surface area contributed by atoms with Crippen LogP contribution in [-0.2, 0) is 0 Å². The van der Waals surface area contributed by atoms with Gasteiger partial charge in [0, 0.05) is 0 Å². The van der Waals surface area contributed by atoms with Crippen molar-refractivity contribution < 1.29 is 0 Å². The van der Waals surface area contributed by atoms with E-state index in [2.05, 4.69) is 109 Å². The van der Waals surface area contributed by atoms with Crippen molar-refractivity contribution in [2.75, 3.05) is 0 Å². The fourth-order valence-corrected chi connectivity index (χ4v) is 19.0. The molecule has 11 aromatic rings. The molecule has 206 valence electrons. The Balaban J connectivity index is 1.18. The topological polar surface area (TPSA) is 0 Å². The van der Waals surface area contributed by atoms with E-state index in [1.807, 2.05) is 34.0 Å². The van der Waals surface area contributed by atoms with Gasteiger partial charge < -0.3 is 0 Å². The number of fused-ring (bicyclic) bond motifs is 14. The van der Waals surface area contributed by atoms with Gasteiger partial charge in [-0.25, -0.2) is 0 Å². The molecule has 0 radical (unpaired) electrons. The normalized spacial score (nSPS) is 12.5. The van der Waals surface area contributed by atoms with Crippen molar-refractivity contribution in [3.8, 4) is 20.0 Å². The standard InChI is InChI=1S/C38H18S3Se3/c1-3-7-27-21(5-1)23-15-19(9-11-29(23)40-27)32-17-25-34-35-31(13-14-39-35)42-36(34)26-18-33(44-38(26)37(25)43-32)20-10-12-30-24(16-20)22-6-2-4-8-28(22)41-30/h1-18H. The van der Waals surface area contributed by atoms with Crippen LogP contribution in [0.2, 0.25) is 0 Å². The maximum atomic E-state index is 2.60. The Labute approximate surface area is 281 Å². The predicted molar refractivity (Wildman–Crippen MR) is 202 cm³/mol. The Morgan fingerprint density at radius 2 is 1.00 bits per heavy atom. The minimum absolute atomic E-state index is 0.291. The molecule has 0 saturated carbocycles. The van der Waals surface area contributed by atoms with E-state index in [4.69, 9.17) is 0 Å². The summed E-state index contributed by atoms with van der Waals surface area (Å²) in [5.41, 5.74) is 2.82. The van der Waals surface area contributed by atoms with Gasteiger partial charge in [0.1, 0.15) is 0 Å². The van der Waals surface area contributed by atoms with E-state index in [1.165, 1.54) is 60.6 Å². The van der Waals surface area contributed by atoms with E-state index in [0.717, 1.165) is 0 Å². The van der Waals surface area contributed by atoms with E-state index in [0.29, 0.717) is 43.5 Å². The molecule has 44 heavy (non-hydrogen) atoms. The summed E-state index contributed by atoms with van der Waals surface area (Å²) < 4.78 is 16.7. The zero-order chi connectivity index (χ0) is 28.5. The van der Waals surface area contributed by atoms with Gasteiger partial charge in [0.2, 0.25) is 0 Å². The maximum absolute atomic E-state index is 2.60. The molecule has 0 saturated heterocycles. The van der Waals surface area contributed by atoms with Crippen LogP contribution in [0.25, 0.3) is 98.2 Å². The summed E-state index contributed by atoms with van der Waals surface area (Å²) in [6, 6.07) is 39.8. The van der Waals surface area contributed by atoms with Crippen molar-refractivity contribution in [1.29, 1.82) is 0 Å². The molecular formula is C38H18S3Se3. The average Bonchev–Trinajstić information content (AvgIpc) is 3.89. The summed E-state index contributed by atoms with van der Waals surface area (Å²) in [7, 11) is 0. The molecule has 6 heteroatoms. The second-order valence-corrected chi connectivity index (χ2v) is 21.0. The predicted octanol–water partition coefficient (Wildman–Crippen LogP) is 11.6. The van der Waals surface area contributed by atoms with Gasteiger partial charge >= 0.3 is 284 Å². The van der Waals surface area contributed by atoms with Gasteiger partial charge in [0.15, 0.2) is 0 Å². The summed E-state index contributed by atoms with van der Waals surface area (Å²) in [5.74, 6) is 0. The fourth-order valence-electron chi connectivity index (χ4n) is 6.78. The molecule has 6 heterocycles. The van der Waals surface area contributed by atoms with Crippen molar-refractivity contribution >= 4 is 156 Å². The van der Waals surface area contributed by atoms with E-state index >= 15 is 0 Å². The third-order valence-corrected chi connectivity index (χ3v) is 20.5. The van der Waals surface area contributed by atoms with Gasteiger partial charge in [0.05, 0.1) is 0 Å². The third kappa shape index (κ3) is 3.55. The molecule has 0 fully saturated rings. The van der Waals surface area contributed by atoms with Crippen LogP contribution in [0, 0.1) is 0 Å². The number of thiophene rings is 3. The molecule has 0 atom stereocenters. The van der Waals surface area contributed by atoms with Crippen molar-refractivity contribution in [1.82, 2.24) is 0 Å². The van der Waals surface area contributed by atoms with Crippen LogP contribution in [0.3, 0.4) is 0 Å². The summed E-state index contributed by atoms with van der Waals surface area (Å²) >= 11 is 6.74. The number of benzene rings is 5. The van der Waals surface area contributed by atoms with E-state index in [9.17, 15) is 0 Å². The molecule has 0 unspecified atom stereocenters. The van der Waals surface area contributed by atoms with Crippen LogP contribution in [-0.4, -0.2) is 43.5 Å². The Morgan fingerprint density at radius 3 is 1.66 bits per heavy atom. The van der Waals surface area contributed by atoms with Gasteiger partial charge in [-0.3, -0.25) is 0 Å². The van der Waals surface area contributed by atoms with Gasteiger partial charge in [-0.15, -0.1) is 0 Å². The molecule has 5 aromatic carbocycles. The van der Waals surface area contributed by atoms with Crippen LogP contribution < -0.4 is 0 Å². The summed E-state index contributed by atoms with van der Waals surface area (Å²) in [5, 5.41) is 12.6. The van der Waals surface area contributed by atoms with Gasteiger partial charge in [-0.2, -0.15) is 0 Å². The van der Waals surface area contributed by atoms with Crippen LogP contribution in [0.1, 0.15) is 0 Å². The molecule has 0 bridgehead atoms. The first-order valence-corrected chi connectivity index (χ1v) is 22.0. The van der Waals surface area contributed by atoms with Gasteiger partial charge in [0.25, 0.3) is 0 Å². The summed E-state index contributed by atoms with van der Waals surface area (Å²) in [6.07, 6.45) is 0. The van der Waals surface area contributed by atoms with E-state index in [1.54, 1.807) is 37.6 Å². The zero-order valence-corrected chi connectivity index (χ0v) is 30.4. The second kappa shape index (κ2) is 9.41. The molecule has 0 aliphatic rings. The van der Waals surface area contributed by atoms with Crippen LogP contribution in [0.15, 0.2) is 109 Å². The molecule has 0 nitrogen and oxygen atoms in total. The Bertz CT molecular complexity index is 2950. The first-order chi connectivity index (χ1) is 21.8. The number of hydrogen-bond acceptors (Lipinski definition) is 3. The SMILES string of the molecule is c1ccc2c(c1)sc1ccc(-c3cc4c([se]3)c3[se]c(-c5ccc6sc7ccccc7c6c5)cc3c3c5sccc5[se]c43)cc12. The quantitative estimate of drug-likeness (QED) is 0.153. The Hall–Kier alpha value is -2.72. The van der Waals surface area contributed by atoms with Gasteiger partial charge in [-0.1, -0.05) is 0 Å². The number of hydrogen-bond donors (Lipinski definition) is 0.